The summed E-state index contributed by atoms with van der Waals surface area (Å²) in [5.41, 5.74) is 1.18. The van der Waals surface area contributed by atoms with Crippen molar-refractivity contribution in [2.75, 3.05) is 19.5 Å². The number of rotatable bonds is 4. The fourth-order valence-electron chi connectivity index (χ4n) is 3.42. The third kappa shape index (κ3) is 2.87. The van der Waals surface area contributed by atoms with Gasteiger partial charge < -0.3 is 14.8 Å². The Hall–Kier alpha value is -3.42. The Bertz CT molecular complexity index is 1060. The van der Waals surface area contributed by atoms with Gasteiger partial charge in [-0.2, -0.15) is 0 Å². The van der Waals surface area contributed by atoms with Crippen molar-refractivity contribution in [1.29, 1.82) is 0 Å². The van der Waals surface area contributed by atoms with E-state index in [4.69, 9.17) is 9.47 Å². The third-order valence-corrected chi connectivity index (χ3v) is 4.78. The second-order valence-electron chi connectivity index (χ2n) is 6.33. The number of nitrogens with zero attached hydrogens (tertiary/aromatic N) is 2. The second kappa shape index (κ2) is 6.95. The SMILES string of the molecule is COc1ccc(-n2cnc3c2NC(=O)C[C@H]3c2cccc(F)c2F)c(OC)c1. The molecule has 1 aliphatic heterocycles. The van der Waals surface area contributed by atoms with Gasteiger partial charge in [-0.3, -0.25) is 9.36 Å². The fourth-order valence-corrected chi connectivity index (χ4v) is 3.42. The Balaban J connectivity index is 1.85. The second-order valence-corrected chi connectivity index (χ2v) is 6.33. The van der Waals surface area contributed by atoms with E-state index in [2.05, 4.69) is 10.3 Å². The fraction of sp³-hybridized carbons (Fsp3) is 0.200. The van der Waals surface area contributed by atoms with E-state index in [1.807, 2.05) is 0 Å². The summed E-state index contributed by atoms with van der Waals surface area (Å²) >= 11 is 0. The smallest absolute Gasteiger partial charge is 0.226 e. The zero-order valence-corrected chi connectivity index (χ0v) is 15.2. The van der Waals surface area contributed by atoms with Crippen LogP contribution in [0.4, 0.5) is 14.6 Å². The van der Waals surface area contributed by atoms with Gasteiger partial charge in [-0.05, 0) is 18.2 Å². The molecular weight excluding hydrogens is 368 g/mol. The van der Waals surface area contributed by atoms with Crippen LogP contribution in [0.5, 0.6) is 11.5 Å². The van der Waals surface area contributed by atoms with Gasteiger partial charge in [0.1, 0.15) is 23.6 Å². The summed E-state index contributed by atoms with van der Waals surface area (Å²) in [6, 6.07) is 9.15. The molecule has 1 N–H and O–H groups in total. The number of halogens is 2. The van der Waals surface area contributed by atoms with Crippen LogP contribution in [0.25, 0.3) is 5.69 Å². The molecule has 0 fully saturated rings. The van der Waals surface area contributed by atoms with Crippen molar-refractivity contribution in [3.05, 3.63) is 65.6 Å². The number of benzene rings is 2. The predicted molar refractivity (Wildman–Crippen MR) is 98.1 cm³/mol. The standard InChI is InChI=1S/C20H17F2N3O3/c1-27-11-6-7-15(16(8-11)28-2)25-10-23-19-13(9-17(26)24-20(19)25)12-4-3-5-14(21)18(12)22/h3-8,10,13H,9H2,1-2H3,(H,24,26)/t13-/m0/s1. The molecule has 0 saturated heterocycles. The molecule has 2 heterocycles. The average Bonchev–Trinajstić information content (AvgIpc) is 3.12. The number of hydrogen-bond acceptors (Lipinski definition) is 4. The molecule has 144 valence electrons. The van der Waals surface area contributed by atoms with Gasteiger partial charge >= 0.3 is 0 Å². The molecule has 0 spiro atoms. The van der Waals surface area contributed by atoms with Crippen molar-refractivity contribution in [1.82, 2.24) is 9.55 Å². The number of amides is 1. The van der Waals surface area contributed by atoms with Gasteiger partial charge in [-0.15, -0.1) is 0 Å². The highest BCUT2D eigenvalue weighted by atomic mass is 19.2. The van der Waals surface area contributed by atoms with Gasteiger partial charge in [0.15, 0.2) is 11.6 Å². The summed E-state index contributed by atoms with van der Waals surface area (Å²) in [5, 5.41) is 2.78. The number of carbonyl (C=O) groups is 1. The highest BCUT2D eigenvalue weighted by Crippen LogP contribution is 2.40. The molecule has 8 heteroatoms. The van der Waals surface area contributed by atoms with E-state index >= 15 is 0 Å². The molecule has 1 amide bonds. The van der Waals surface area contributed by atoms with Gasteiger partial charge in [-0.25, -0.2) is 13.8 Å². The molecule has 0 aliphatic carbocycles. The molecule has 0 bridgehead atoms. The lowest BCUT2D eigenvalue weighted by Gasteiger charge is -2.24. The Morgan fingerprint density at radius 2 is 2.00 bits per heavy atom. The minimum absolute atomic E-state index is 0.0237. The maximum atomic E-state index is 14.4. The van der Waals surface area contributed by atoms with Gasteiger partial charge in [0, 0.05) is 24.0 Å². The largest absolute Gasteiger partial charge is 0.497 e. The van der Waals surface area contributed by atoms with Crippen LogP contribution in [0.3, 0.4) is 0 Å². The quantitative estimate of drug-likeness (QED) is 0.745. The van der Waals surface area contributed by atoms with Gasteiger partial charge in [0.05, 0.1) is 25.6 Å². The first-order valence-electron chi connectivity index (χ1n) is 8.57. The lowest BCUT2D eigenvalue weighted by atomic mass is 9.89. The van der Waals surface area contributed by atoms with Crippen molar-refractivity contribution in [3.63, 3.8) is 0 Å². The van der Waals surface area contributed by atoms with Crippen LogP contribution in [-0.4, -0.2) is 29.7 Å². The van der Waals surface area contributed by atoms with Gasteiger partial charge in [0.25, 0.3) is 0 Å². The molecule has 4 rings (SSSR count). The number of aromatic nitrogens is 2. The van der Waals surface area contributed by atoms with Crippen LogP contribution in [0.2, 0.25) is 0 Å². The first kappa shape index (κ1) is 18.0. The van der Waals surface area contributed by atoms with Crippen LogP contribution in [-0.2, 0) is 4.79 Å². The summed E-state index contributed by atoms with van der Waals surface area (Å²) in [7, 11) is 3.07. The van der Waals surface area contributed by atoms with Crippen molar-refractivity contribution in [2.45, 2.75) is 12.3 Å². The Morgan fingerprint density at radius 3 is 2.75 bits per heavy atom. The number of anilines is 1. The first-order chi connectivity index (χ1) is 13.5. The number of nitrogens with one attached hydrogen (secondary N) is 1. The minimum atomic E-state index is -0.968. The van der Waals surface area contributed by atoms with E-state index in [1.54, 1.807) is 29.9 Å². The Morgan fingerprint density at radius 1 is 1.18 bits per heavy atom. The van der Waals surface area contributed by atoms with E-state index in [9.17, 15) is 13.6 Å². The summed E-state index contributed by atoms with van der Waals surface area (Å²) in [6.45, 7) is 0. The normalized spacial score (nSPS) is 15.7. The molecule has 0 saturated carbocycles. The van der Waals surface area contributed by atoms with Crippen LogP contribution in [0.1, 0.15) is 23.6 Å². The number of imidazole rings is 1. The van der Waals surface area contributed by atoms with Crippen molar-refractivity contribution in [2.24, 2.45) is 0 Å². The summed E-state index contributed by atoms with van der Waals surface area (Å²) in [5.74, 6) is -1.41. The molecule has 0 unspecified atom stereocenters. The zero-order valence-electron chi connectivity index (χ0n) is 15.2. The lowest BCUT2D eigenvalue weighted by Crippen LogP contribution is -2.25. The van der Waals surface area contributed by atoms with Crippen molar-refractivity contribution >= 4 is 11.7 Å². The van der Waals surface area contributed by atoms with Crippen molar-refractivity contribution < 1.29 is 23.0 Å². The number of hydrogen-bond donors (Lipinski definition) is 1. The summed E-state index contributed by atoms with van der Waals surface area (Å²) in [4.78, 5) is 16.7. The molecule has 0 radical (unpaired) electrons. The van der Waals surface area contributed by atoms with E-state index in [1.165, 1.54) is 25.6 Å². The first-order valence-corrected chi connectivity index (χ1v) is 8.57. The maximum Gasteiger partial charge on any atom is 0.226 e. The van der Waals surface area contributed by atoms with Gasteiger partial charge in [-0.1, -0.05) is 12.1 Å². The van der Waals surface area contributed by atoms with Crippen LogP contribution in [0.15, 0.2) is 42.7 Å². The molecule has 1 aromatic heterocycles. The van der Waals surface area contributed by atoms with E-state index in [-0.39, 0.29) is 17.9 Å². The number of fused-ring (bicyclic) bond motifs is 1. The van der Waals surface area contributed by atoms with Gasteiger partial charge in [0.2, 0.25) is 5.91 Å². The number of carbonyl (C=O) groups excluding carboxylic acids is 1. The topological polar surface area (TPSA) is 65.4 Å². The lowest BCUT2D eigenvalue weighted by molar-refractivity contribution is -0.116. The molecule has 1 aliphatic rings. The highest BCUT2D eigenvalue weighted by Gasteiger charge is 2.33. The highest BCUT2D eigenvalue weighted by molar-refractivity contribution is 5.94. The average molecular weight is 385 g/mol. The molecule has 1 atom stereocenters. The third-order valence-electron chi connectivity index (χ3n) is 4.78. The molecule has 3 aromatic rings. The molecule has 28 heavy (non-hydrogen) atoms. The van der Waals surface area contributed by atoms with E-state index in [0.29, 0.717) is 28.7 Å². The van der Waals surface area contributed by atoms with E-state index < -0.39 is 17.6 Å². The molecule has 2 aromatic carbocycles. The number of ether oxygens (including phenoxy) is 2. The van der Waals surface area contributed by atoms with E-state index in [0.717, 1.165) is 6.07 Å². The van der Waals surface area contributed by atoms with Crippen LogP contribution >= 0.6 is 0 Å². The van der Waals surface area contributed by atoms with Crippen LogP contribution in [0, 0.1) is 11.6 Å². The van der Waals surface area contributed by atoms with Crippen LogP contribution < -0.4 is 14.8 Å². The summed E-state index contributed by atoms with van der Waals surface area (Å²) < 4.78 is 40.4. The maximum absolute atomic E-state index is 14.4. The Kier molecular flexibility index (Phi) is 4.46. The monoisotopic (exact) mass is 385 g/mol. The summed E-state index contributed by atoms with van der Waals surface area (Å²) in [6.07, 6.45) is 1.49. The number of methoxy groups -OCH3 is 2. The zero-order chi connectivity index (χ0) is 19.8. The minimum Gasteiger partial charge on any atom is -0.497 e. The molecular formula is C20H17F2N3O3. The Labute approximate surface area is 159 Å². The predicted octanol–water partition coefficient (Wildman–Crippen LogP) is 3.64. The van der Waals surface area contributed by atoms with Crippen molar-refractivity contribution in [3.8, 4) is 17.2 Å². The molecule has 6 nitrogen and oxygen atoms in total.